The van der Waals surface area contributed by atoms with E-state index in [1.165, 1.54) is 11.2 Å². The molecule has 2 atom stereocenters. The number of nitrogen functional groups attached to an aromatic ring is 1. The molecule has 5 heterocycles. The van der Waals surface area contributed by atoms with E-state index in [4.69, 9.17) is 15.6 Å². The number of benzene rings is 3. The molecule has 3 N–H and O–H groups in total. The number of rotatable bonds is 7. The number of aromatic nitrogens is 4. The number of halogens is 1. The lowest BCUT2D eigenvalue weighted by atomic mass is 10.0. The standard InChI is InChI=1S/C36H33FN8O4/c37-31-22(10-13-26-27(31)19-44(36(26)48)28-14-15-29(46)41-35(28)47)17-43-16-4-5-23(18-43)45-34-30(33(38)39-20-40-34)32(42-45)21-8-11-25(12-9-21)49-24-6-2-1-3-7-24/h1-3,6-13,20,23,28H,4-5,14-19H2,(H2,38,39,40)(H,41,46,47)/t23-,28?/m1/s1. The fourth-order valence-corrected chi connectivity index (χ4v) is 7.15. The number of amides is 3. The highest BCUT2D eigenvalue weighted by Crippen LogP contribution is 2.36. The fraction of sp³-hybridized carbons (Fsp3) is 0.278. The molecule has 2 saturated heterocycles. The van der Waals surface area contributed by atoms with E-state index in [9.17, 15) is 14.4 Å². The fourth-order valence-electron chi connectivity index (χ4n) is 7.15. The Balaban J connectivity index is 1.02. The summed E-state index contributed by atoms with van der Waals surface area (Å²) < 4.78 is 23.9. The second-order valence-corrected chi connectivity index (χ2v) is 12.7. The van der Waals surface area contributed by atoms with Crippen molar-refractivity contribution < 1.29 is 23.5 Å². The van der Waals surface area contributed by atoms with Gasteiger partial charge in [-0.15, -0.1) is 0 Å². The van der Waals surface area contributed by atoms with Crippen molar-refractivity contribution in [2.45, 2.75) is 50.9 Å². The monoisotopic (exact) mass is 660 g/mol. The summed E-state index contributed by atoms with van der Waals surface area (Å²) in [5.74, 6) is 0.0584. The van der Waals surface area contributed by atoms with Gasteiger partial charge in [0.15, 0.2) is 5.65 Å². The minimum Gasteiger partial charge on any atom is -0.457 e. The summed E-state index contributed by atoms with van der Waals surface area (Å²) in [5.41, 5.74) is 9.57. The quantitative estimate of drug-likeness (QED) is 0.239. The van der Waals surface area contributed by atoms with Crippen molar-refractivity contribution in [3.63, 3.8) is 0 Å². The maximum absolute atomic E-state index is 16.0. The van der Waals surface area contributed by atoms with Crippen molar-refractivity contribution in [1.82, 2.24) is 34.9 Å². The number of hydrogen-bond acceptors (Lipinski definition) is 9. The van der Waals surface area contributed by atoms with Crippen molar-refractivity contribution in [3.05, 3.63) is 95.6 Å². The van der Waals surface area contributed by atoms with Gasteiger partial charge in [-0.3, -0.25) is 24.6 Å². The molecule has 0 aliphatic carbocycles. The van der Waals surface area contributed by atoms with Crippen molar-refractivity contribution >= 4 is 34.6 Å². The zero-order valence-electron chi connectivity index (χ0n) is 26.5. The van der Waals surface area contributed by atoms with E-state index >= 15 is 4.39 Å². The second-order valence-electron chi connectivity index (χ2n) is 12.7. The second kappa shape index (κ2) is 12.4. The summed E-state index contributed by atoms with van der Waals surface area (Å²) >= 11 is 0. The van der Waals surface area contributed by atoms with Crippen molar-refractivity contribution in [1.29, 1.82) is 0 Å². The maximum atomic E-state index is 16.0. The summed E-state index contributed by atoms with van der Waals surface area (Å²) in [6.45, 7) is 1.70. The number of hydrogen-bond donors (Lipinski definition) is 2. The predicted octanol–water partition coefficient (Wildman–Crippen LogP) is 4.61. The number of imide groups is 1. The van der Waals surface area contributed by atoms with Crippen LogP contribution in [0.4, 0.5) is 10.2 Å². The van der Waals surface area contributed by atoms with Crippen molar-refractivity contribution in [2.24, 2.45) is 0 Å². The highest BCUT2D eigenvalue weighted by molar-refractivity contribution is 6.05. The number of fused-ring (bicyclic) bond motifs is 2. The predicted molar refractivity (Wildman–Crippen MR) is 178 cm³/mol. The lowest BCUT2D eigenvalue weighted by molar-refractivity contribution is -0.136. The molecule has 2 aromatic heterocycles. The molecule has 3 aliphatic rings. The zero-order valence-corrected chi connectivity index (χ0v) is 26.5. The van der Waals surface area contributed by atoms with Crippen LogP contribution in [0.1, 0.15) is 53.2 Å². The number of carbonyl (C=O) groups excluding carboxylic acids is 3. The molecule has 1 unspecified atom stereocenters. The Morgan fingerprint density at radius 1 is 0.959 bits per heavy atom. The number of carbonyl (C=O) groups is 3. The van der Waals surface area contributed by atoms with Crippen LogP contribution in [0.3, 0.4) is 0 Å². The largest absolute Gasteiger partial charge is 0.457 e. The van der Waals surface area contributed by atoms with Gasteiger partial charge in [-0.05, 0) is 68.3 Å². The molecule has 8 rings (SSSR count). The van der Waals surface area contributed by atoms with Crippen LogP contribution in [0.5, 0.6) is 11.5 Å². The van der Waals surface area contributed by atoms with Crippen molar-refractivity contribution in [3.8, 4) is 22.8 Å². The van der Waals surface area contributed by atoms with E-state index in [1.807, 2.05) is 59.3 Å². The van der Waals surface area contributed by atoms with Gasteiger partial charge in [0.1, 0.15) is 41.2 Å². The molecule has 3 amide bonds. The third-order valence-corrected chi connectivity index (χ3v) is 9.57. The molecular weight excluding hydrogens is 627 g/mol. The smallest absolute Gasteiger partial charge is 0.255 e. The van der Waals surface area contributed by atoms with Crippen LogP contribution in [-0.4, -0.2) is 66.4 Å². The maximum Gasteiger partial charge on any atom is 0.255 e. The molecule has 0 bridgehead atoms. The number of likely N-dealkylation sites (tertiary alicyclic amines) is 1. The van der Waals surface area contributed by atoms with Crippen LogP contribution in [0.15, 0.2) is 73.1 Å². The highest BCUT2D eigenvalue weighted by Gasteiger charge is 2.40. The summed E-state index contributed by atoms with van der Waals surface area (Å²) in [6.07, 6.45) is 3.52. The van der Waals surface area contributed by atoms with Crippen LogP contribution >= 0.6 is 0 Å². The first-order valence-electron chi connectivity index (χ1n) is 16.3. The minimum absolute atomic E-state index is 0.00865. The average molecular weight is 661 g/mol. The molecule has 0 radical (unpaired) electrons. The van der Waals surface area contributed by atoms with Gasteiger partial charge in [0.05, 0.1) is 18.0 Å². The minimum atomic E-state index is -0.796. The number of para-hydroxylation sites is 1. The number of ether oxygens (including phenoxy) is 1. The highest BCUT2D eigenvalue weighted by atomic mass is 19.1. The van der Waals surface area contributed by atoms with Crippen LogP contribution < -0.4 is 15.8 Å². The van der Waals surface area contributed by atoms with Gasteiger partial charge in [-0.25, -0.2) is 19.0 Å². The van der Waals surface area contributed by atoms with E-state index in [2.05, 4.69) is 20.2 Å². The molecule has 3 aliphatic heterocycles. The van der Waals surface area contributed by atoms with Gasteiger partial charge in [0.2, 0.25) is 11.8 Å². The first kappa shape index (κ1) is 30.6. The van der Waals surface area contributed by atoms with Crippen LogP contribution in [0.25, 0.3) is 22.3 Å². The van der Waals surface area contributed by atoms with E-state index in [0.29, 0.717) is 46.9 Å². The average Bonchev–Trinajstić information content (AvgIpc) is 3.66. The number of nitrogens with one attached hydrogen (secondary N) is 1. The lowest BCUT2D eigenvalue weighted by Gasteiger charge is -2.33. The first-order valence-corrected chi connectivity index (χ1v) is 16.3. The molecule has 49 heavy (non-hydrogen) atoms. The van der Waals surface area contributed by atoms with Gasteiger partial charge in [-0.1, -0.05) is 24.3 Å². The third kappa shape index (κ3) is 5.65. The number of anilines is 1. The normalized spacial score (nSPS) is 19.7. The Hall–Kier alpha value is -5.69. The van der Waals surface area contributed by atoms with E-state index in [-0.39, 0.29) is 42.5 Å². The van der Waals surface area contributed by atoms with Gasteiger partial charge >= 0.3 is 0 Å². The molecule has 0 saturated carbocycles. The summed E-state index contributed by atoms with van der Waals surface area (Å²) in [6, 6.07) is 19.7. The molecule has 0 spiro atoms. The lowest BCUT2D eigenvalue weighted by Crippen LogP contribution is -2.52. The Morgan fingerprint density at radius 3 is 2.55 bits per heavy atom. The third-order valence-electron chi connectivity index (χ3n) is 9.57. The summed E-state index contributed by atoms with van der Waals surface area (Å²) in [7, 11) is 0. The Bertz CT molecular complexity index is 2100. The molecule has 2 fully saturated rings. The summed E-state index contributed by atoms with van der Waals surface area (Å²) in [5, 5.41) is 7.99. The van der Waals surface area contributed by atoms with Gasteiger partial charge in [0.25, 0.3) is 5.91 Å². The van der Waals surface area contributed by atoms with Crippen LogP contribution in [0.2, 0.25) is 0 Å². The Kier molecular flexibility index (Phi) is 7.75. The van der Waals surface area contributed by atoms with Gasteiger partial charge < -0.3 is 15.4 Å². The van der Waals surface area contributed by atoms with Crippen molar-refractivity contribution in [2.75, 3.05) is 18.8 Å². The topological polar surface area (TPSA) is 149 Å². The molecule has 3 aromatic carbocycles. The summed E-state index contributed by atoms with van der Waals surface area (Å²) in [4.78, 5) is 49.6. The Labute approximate surface area is 280 Å². The van der Waals surface area contributed by atoms with Gasteiger partial charge in [-0.2, -0.15) is 5.10 Å². The molecule has 12 nitrogen and oxygen atoms in total. The number of piperidine rings is 2. The Morgan fingerprint density at radius 2 is 1.76 bits per heavy atom. The zero-order chi connectivity index (χ0) is 33.6. The molecule has 248 valence electrons. The number of nitrogens with zero attached hydrogens (tertiary/aromatic N) is 6. The number of nitrogens with two attached hydrogens (primary N) is 1. The molecular formula is C36H33FN8O4. The molecule has 5 aromatic rings. The van der Waals surface area contributed by atoms with Crippen LogP contribution in [-0.2, 0) is 22.7 Å². The van der Waals surface area contributed by atoms with E-state index in [0.717, 1.165) is 30.7 Å². The van der Waals surface area contributed by atoms with Crippen LogP contribution in [0, 0.1) is 5.82 Å². The molecule has 13 heteroatoms. The SMILES string of the molecule is Nc1ncnc2c1c(-c1ccc(Oc3ccccc3)cc1)nn2[C@@H]1CCCN(Cc2ccc3c(c2F)CN(C2CCC(=O)NC2=O)C3=O)C1. The first-order chi connectivity index (χ1) is 23.8. The van der Waals surface area contributed by atoms with Gasteiger partial charge in [0, 0.05) is 41.8 Å². The van der Waals surface area contributed by atoms with E-state index in [1.54, 1.807) is 12.1 Å². The van der Waals surface area contributed by atoms with E-state index < -0.39 is 23.7 Å².